The SMILES string of the molecule is [N-]=[N+]=C1CC=C(Sc2ccccc2)C=C1S(=O)(=O)O. The lowest BCUT2D eigenvalue weighted by Crippen LogP contribution is -2.15. The molecule has 1 aliphatic rings. The monoisotopic (exact) mass is 294 g/mol. The third-order valence-electron chi connectivity index (χ3n) is 2.43. The molecule has 0 aromatic heterocycles. The van der Waals surface area contributed by atoms with E-state index in [1.807, 2.05) is 30.3 Å². The zero-order valence-electron chi connectivity index (χ0n) is 9.72. The van der Waals surface area contributed by atoms with E-state index in [9.17, 15) is 8.42 Å². The maximum atomic E-state index is 11.2. The van der Waals surface area contributed by atoms with Gasteiger partial charge >= 0.3 is 15.8 Å². The molecule has 19 heavy (non-hydrogen) atoms. The normalized spacial score (nSPS) is 15.5. The van der Waals surface area contributed by atoms with Crippen LogP contribution in [-0.2, 0) is 10.1 Å². The maximum absolute atomic E-state index is 11.2. The highest BCUT2D eigenvalue weighted by molar-refractivity contribution is 8.03. The van der Waals surface area contributed by atoms with Crippen molar-refractivity contribution in [2.45, 2.75) is 11.3 Å². The summed E-state index contributed by atoms with van der Waals surface area (Å²) in [4.78, 5) is 4.15. The fourth-order valence-corrected chi connectivity index (χ4v) is 3.26. The minimum absolute atomic E-state index is 0.0695. The zero-order valence-corrected chi connectivity index (χ0v) is 11.4. The lowest BCUT2D eigenvalue weighted by atomic mass is 10.1. The van der Waals surface area contributed by atoms with E-state index in [0.717, 1.165) is 4.90 Å². The minimum atomic E-state index is -4.40. The van der Waals surface area contributed by atoms with E-state index >= 15 is 0 Å². The van der Waals surface area contributed by atoms with Crippen LogP contribution in [0.15, 0.2) is 57.2 Å². The van der Waals surface area contributed by atoms with Crippen LogP contribution in [0.4, 0.5) is 0 Å². The fraction of sp³-hybridized carbons (Fsp3) is 0.0833. The zero-order chi connectivity index (χ0) is 13.9. The Labute approximate surface area is 115 Å². The van der Waals surface area contributed by atoms with Crippen molar-refractivity contribution in [3.05, 3.63) is 57.8 Å². The van der Waals surface area contributed by atoms with Crippen molar-refractivity contribution in [2.24, 2.45) is 0 Å². The first kappa shape index (κ1) is 13.8. The van der Waals surface area contributed by atoms with E-state index in [-0.39, 0.29) is 17.0 Å². The summed E-state index contributed by atoms with van der Waals surface area (Å²) in [5, 5.41) is 0. The molecule has 0 aliphatic heterocycles. The molecule has 7 heteroatoms. The van der Waals surface area contributed by atoms with E-state index in [1.54, 1.807) is 6.08 Å². The van der Waals surface area contributed by atoms with Crippen LogP contribution in [0, 0.1) is 0 Å². The molecule has 5 nitrogen and oxygen atoms in total. The van der Waals surface area contributed by atoms with Gasteiger partial charge in [0.15, 0.2) is 4.91 Å². The number of benzene rings is 1. The van der Waals surface area contributed by atoms with Crippen molar-refractivity contribution in [3.8, 4) is 0 Å². The number of thioether (sulfide) groups is 1. The Morgan fingerprint density at radius 1 is 1.26 bits per heavy atom. The number of allylic oxidation sites excluding steroid dienone is 3. The summed E-state index contributed by atoms with van der Waals surface area (Å²) in [6.45, 7) is 0. The van der Waals surface area contributed by atoms with Crippen LogP contribution in [0.5, 0.6) is 0 Å². The highest BCUT2D eigenvalue weighted by atomic mass is 32.2. The number of hydrogen-bond donors (Lipinski definition) is 1. The van der Waals surface area contributed by atoms with Crippen LogP contribution in [-0.4, -0.2) is 23.5 Å². The van der Waals surface area contributed by atoms with Gasteiger partial charge in [0, 0.05) is 9.80 Å². The van der Waals surface area contributed by atoms with Crippen molar-refractivity contribution in [2.75, 3.05) is 0 Å². The molecule has 0 heterocycles. The summed E-state index contributed by atoms with van der Waals surface area (Å²) in [7, 11) is -4.40. The highest BCUT2D eigenvalue weighted by Gasteiger charge is 2.29. The van der Waals surface area contributed by atoms with Gasteiger partial charge in [0.2, 0.25) is 0 Å². The summed E-state index contributed by atoms with van der Waals surface area (Å²) in [6, 6.07) is 9.42. The van der Waals surface area contributed by atoms with E-state index in [2.05, 4.69) is 4.79 Å². The van der Waals surface area contributed by atoms with Gasteiger partial charge in [-0.2, -0.15) is 13.2 Å². The van der Waals surface area contributed by atoms with Crippen molar-refractivity contribution in [3.63, 3.8) is 0 Å². The molecule has 1 aromatic rings. The number of nitrogens with zero attached hydrogens (tertiary/aromatic N) is 2. The number of hydrogen-bond acceptors (Lipinski definition) is 3. The summed E-state index contributed by atoms with van der Waals surface area (Å²) < 4.78 is 31.5. The molecule has 0 amide bonds. The molecule has 2 rings (SSSR count). The van der Waals surface area contributed by atoms with Gasteiger partial charge in [0.1, 0.15) is 0 Å². The predicted molar refractivity (Wildman–Crippen MR) is 73.3 cm³/mol. The molecule has 1 aliphatic carbocycles. The molecule has 0 saturated carbocycles. The lowest BCUT2D eigenvalue weighted by molar-refractivity contribution is -0.00585. The summed E-state index contributed by atoms with van der Waals surface area (Å²) in [5.41, 5.74) is 8.67. The Hall–Kier alpha value is -1.66. The average molecular weight is 294 g/mol. The molecule has 0 bridgehead atoms. The topological polar surface area (TPSA) is 90.8 Å². The van der Waals surface area contributed by atoms with Crippen LogP contribution >= 0.6 is 11.8 Å². The molecular formula is C12H10N2O3S2. The third-order valence-corrected chi connectivity index (χ3v) is 4.37. The molecule has 1 aromatic carbocycles. The quantitative estimate of drug-likeness (QED) is 0.527. The van der Waals surface area contributed by atoms with Crippen LogP contribution in [0.3, 0.4) is 0 Å². The van der Waals surface area contributed by atoms with Gasteiger partial charge in [-0.1, -0.05) is 36.0 Å². The molecule has 0 radical (unpaired) electrons. The Morgan fingerprint density at radius 2 is 1.95 bits per heavy atom. The lowest BCUT2D eigenvalue weighted by Gasteiger charge is -2.08. The van der Waals surface area contributed by atoms with Gasteiger partial charge < -0.3 is 5.53 Å². The molecule has 0 spiro atoms. The number of rotatable bonds is 3. The van der Waals surface area contributed by atoms with Crippen molar-refractivity contribution >= 4 is 27.6 Å². The average Bonchev–Trinajstić information content (AvgIpc) is 2.39. The standard InChI is InChI=1S/C12H10N2O3S2/c13-14-11-7-6-10(8-12(11)19(15,16)17)18-9-4-2-1-3-5-9/h1-6,8H,7H2,(H,15,16,17). The van der Waals surface area contributed by atoms with E-state index < -0.39 is 10.1 Å². The maximum Gasteiger partial charge on any atom is 0.316 e. The van der Waals surface area contributed by atoms with Crippen molar-refractivity contribution < 1.29 is 17.8 Å². The smallest absolute Gasteiger partial charge is 0.316 e. The Morgan fingerprint density at radius 3 is 2.53 bits per heavy atom. The molecule has 1 N–H and O–H groups in total. The van der Waals surface area contributed by atoms with Gasteiger partial charge in [0.05, 0.1) is 6.42 Å². The molecular weight excluding hydrogens is 284 g/mol. The Balaban J connectivity index is 2.33. The Bertz CT molecular complexity index is 700. The van der Waals surface area contributed by atoms with Crippen LogP contribution < -0.4 is 0 Å². The van der Waals surface area contributed by atoms with Gasteiger partial charge in [-0.25, -0.2) is 0 Å². The molecule has 0 atom stereocenters. The molecule has 0 saturated heterocycles. The first-order valence-corrected chi connectivity index (χ1v) is 7.60. The first-order chi connectivity index (χ1) is 9.00. The summed E-state index contributed by atoms with van der Waals surface area (Å²) >= 11 is 1.37. The van der Waals surface area contributed by atoms with Crippen LogP contribution in [0.25, 0.3) is 5.53 Å². The van der Waals surface area contributed by atoms with Crippen molar-refractivity contribution in [1.82, 2.24) is 0 Å². The van der Waals surface area contributed by atoms with Gasteiger partial charge in [-0.3, -0.25) is 4.55 Å². The second-order valence-electron chi connectivity index (χ2n) is 3.76. The van der Waals surface area contributed by atoms with E-state index in [1.165, 1.54) is 17.8 Å². The summed E-state index contributed by atoms with van der Waals surface area (Å²) in [5.74, 6) is 0. The van der Waals surface area contributed by atoms with Crippen molar-refractivity contribution in [1.29, 1.82) is 0 Å². The third kappa shape index (κ3) is 3.42. The van der Waals surface area contributed by atoms with Crippen LogP contribution in [0.1, 0.15) is 6.42 Å². The van der Waals surface area contributed by atoms with E-state index in [0.29, 0.717) is 4.91 Å². The minimum Gasteiger partial charge on any atom is -0.361 e. The van der Waals surface area contributed by atoms with E-state index in [4.69, 9.17) is 10.1 Å². The molecule has 0 fully saturated rings. The first-order valence-electron chi connectivity index (χ1n) is 5.34. The fourth-order valence-electron chi connectivity index (χ4n) is 1.58. The van der Waals surface area contributed by atoms with Gasteiger partial charge in [-0.15, -0.1) is 0 Å². The van der Waals surface area contributed by atoms with Gasteiger partial charge in [0.25, 0.3) is 0 Å². The largest absolute Gasteiger partial charge is 0.361 e. The Kier molecular flexibility index (Phi) is 4.01. The van der Waals surface area contributed by atoms with Crippen LogP contribution in [0.2, 0.25) is 0 Å². The molecule has 98 valence electrons. The second kappa shape index (κ2) is 5.54. The predicted octanol–water partition coefficient (Wildman–Crippen LogP) is 2.51. The molecule has 0 unspecified atom stereocenters. The second-order valence-corrected chi connectivity index (χ2v) is 6.29. The highest BCUT2D eigenvalue weighted by Crippen LogP contribution is 2.32. The van der Waals surface area contributed by atoms with Gasteiger partial charge in [-0.05, 0) is 18.2 Å². The summed E-state index contributed by atoms with van der Waals surface area (Å²) in [6.07, 6.45) is 3.18.